The Morgan fingerprint density at radius 2 is 1.88 bits per heavy atom. The molecular formula is C22H18F3N3O3S. The van der Waals surface area contributed by atoms with Gasteiger partial charge in [-0.1, -0.05) is 12.1 Å². The standard InChI is InChI=1S/C22H18F3N3O3S/c1-12-17(8-7-16-20(12)26-11-28(16)9-19(29)30)31-10-18-13(2)27-21(32-18)14-3-5-15(6-4-14)22(23,24)25/h3-8,11H,9-10H2,1-2H3,(H,29,30). The summed E-state index contributed by atoms with van der Waals surface area (Å²) < 4.78 is 45.9. The van der Waals surface area contributed by atoms with Crippen molar-refractivity contribution in [3.05, 3.63) is 64.4 Å². The van der Waals surface area contributed by atoms with Crippen LogP contribution in [0.1, 0.15) is 21.7 Å². The van der Waals surface area contributed by atoms with Gasteiger partial charge < -0.3 is 14.4 Å². The van der Waals surface area contributed by atoms with Crippen LogP contribution < -0.4 is 4.74 Å². The molecule has 0 saturated heterocycles. The summed E-state index contributed by atoms with van der Waals surface area (Å²) in [6, 6.07) is 8.45. The molecule has 1 N–H and O–H groups in total. The highest BCUT2D eigenvalue weighted by Crippen LogP contribution is 2.34. The predicted molar refractivity (Wildman–Crippen MR) is 114 cm³/mol. The minimum atomic E-state index is -4.38. The van der Waals surface area contributed by atoms with Gasteiger partial charge in [-0.15, -0.1) is 11.3 Å². The molecule has 0 aliphatic carbocycles. The number of rotatable bonds is 6. The number of hydrogen-bond acceptors (Lipinski definition) is 5. The number of aryl methyl sites for hydroxylation is 2. The van der Waals surface area contributed by atoms with Gasteiger partial charge >= 0.3 is 12.1 Å². The lowest BCUT2D eigenvalue weighted by molar-refractivity contribution is -0.138. The second-order valence-electron chi connectivity index (χ2n) is 7.21. The van der Waals surface area contributed by atoms with Crippen LogP contribution in [0.4, 0.5) is 13.2 Å². The van der Waals surface area contributed by atoms with Crippen LogP contribution in [0.15, 0.2) is 42.7 Å². The molecule has 0 unspecified atom stereocenters. The molecule has 2 aromatic heterocycles. The van der Waals surface area contributed by atoms with Crippen molar-refractivity contribution in [2.45, 2.75) is 33.2 Å². The zero-order valence-corrected chi connectivity index (χ0v) is 17.9. The molecule has 0 spiro atoms. The van der Waals surface area contributed by atoms with Crippen molar-refractivity contribution < 1.29 is 27.8 Å². The number of aromatic nitrogens is 3. The number of ether oxygens (including phenoxy) is 1. The Kier molecular flexibility index (Phi) is 5.64. The molecule has 0 bridgehead atoms. The highest BCUT2D eigenvalue weighted by Gasteiger charge is 2.30. The number of hydrogen-bond donors (Lipinski definition) is 1. The van der Waals surface area contributed by atoms with Crippen molar-refractivity contribution in [1.29, 1.82) is 0 Å². The number of aliphatic carboxylic acids is 1. The van der Waals surface area contributed by atoms with Gasteiger partial charge in [0.2, 0.25) is 0 Å². The van der Waals surface area contributed by atoms with E-state index in [0.717, 1.165) is 28.3 Å². The van der Waals surface area contributed by atoms with Crippen molar-refractivity contribution in [3.8, 4) is 16.3 Å². The molecule has 4 aromatic rings. The number of carboxylic acid groups (broad SMARTS) is 1. The Balaban J connectivity index is 1.52. The summed E-state index contributed by atoms with van der Waals surface area (Å²) in [6.07, 6.45) is -2.89. The van der Waals surface area contributed by atoms with E-state index in [-0.39, 0.29) is 13.2 Å². The number of fused-ring (bicyclic) bond motifs is 1. The Morgan fingerprint density at radius 3 is 2.53 bits per heavy atom. The number of halogens is 3. The van der Waals surface area contributed by atoms with E-state index in [4.69, 9.17) is 9.84 Å². The molecule has 166 valence electrons. The van der Waals surface area contributed by atoms with Crippen LogP contribution in [-0.2, 0) is 24.1 Å². The van der Waals surface area contributed by atoms with E-state index >= 15 is 0 Å². The van der Waals surface area contributed by atoms with Gasteiger partial charge in [0, 0.05) is 11.1 Å². The summed E-state index contributed by atoms with van der Waals surface area (Å²) in [5, 5.41) is 9.63. The average molecular weight is 461 g/mol. The molecule has 2 heterocycles. The summed E-state index contributed by atoms with van der Waals surface area (Å²) in [5.74, 6) is -0.339. The molecule has 0 aliphatic heterocycles. The molecule has 0 aliphatic rings. The number of carboxylic acids is 1. The van der Waals surface area contributed by atoms with E-state index in [1.807, 2.05) is 13.8 Å². The van der Waals surface area contributed by atoms with Crippen molar-refractivity contribution in [2.75, 3.05) is 0 Å². The minimum Gasteiger partial charge on any atom is -0.488 e. The van der Waals surface area contributed by atoms with E-state index in [1.54, 1.807) is 16.7 Å². The summed E-state index contributed by atoms with van der Waals surface area (Å²) in [7, 11) is 0. The van der Waals surface area contributed by atoms with Crippen LogP contribution in [0.2, 0.25) is 0 Å². The van der Waals surface area contributed by atoms with E-state index < -0.39 is 17.7 Å². The molecule has 10 heteroatoms. The predicted octanol–water partition coefficient (Wildman–Crippen LogP) is 5.46. The van der Waals surface area contributed by atoms with Gasteiger partial charge in [-0.05, 0) is 38.1 Å². The maximum atomic E-state index is 12.8. The molecule has 32 heavy (non-hydrogen) atoms. The Bertz CT molecular complexity index is 1290. The minimum absolute atomic E-state index is 0.178. The van der Waals surface area contributed by atoms with Crippen LogP contribution in [0.3, 0.4) is 0 Å². The fourth-order valence-corrected chi connectivity index (χ4v) is 4.29. The zero-order valence-electron chi connectivity index (χ0n) is 17.1. The molecule has 6 nitrogen and oxygen atoms in total. The van der Waals surface area contributed by atoms with Gasteiger partial charge in [-0.3, -0.25) is 4.79 Å². The van der Waals surface area contributed by atoms with Crippen molar-refractivity contribution in [2.24, 2.45) is 0 Å². The van der Waals surface area contributed by atoms with Gasteiger partial charge in [-0.25, -0.2) is 9.97 Å². The smallest absolute Gasteiger partial charge is 0.416 e. The molecule has 2 aromatic carbocycles. The Labute approximate surface area is 184 Å². The number of nitrogens with zero attached hydrogens (tertiary/aromatic N) is 3. The Morgan fingerprint density at radius 1 is 1.16 bits per heavy atom. The highest BCUT2D eigenvalue weighted by molar-refractivity contribution is 7.15. The largest absolute Gasteiger partial charge is 0.488 e. The fourth-order valence-electron chi connectivity index (χ4n) is 3.31. The van der Waals surface area contributed by atoms with Crippen molar-refractivity contribution in [1.82, 2.24) is 14.5 Å². The third-order valence-corrected chi connectivity index (χ3v) is 6.19. The van der Waals surface area contributed by atoms with Crippen LogP contribution >= 0.6 is 11.3 Å². The van der Waals surface area contributed by atoms with Gasteiger partial charge in [0.1, 0.15) is 23.9 Å². The first kappa shape index (κ1) is 21.8. The fraction of sp³-hybridized carbons (Fsp3) is 0.227. The summed E-state index contributed by atoms with van der Waals surface area (Å²) >= 11 is 1.36. The molecule has 0 fully saturated rings. The Hall–Kier alpha value is -3.40. The lowest BCUT2D eigenvalue weighted by Crippen LogP contribution is -2.07. The third kappa shape index (κ3) is 4.31. The van der Waals surface area contributed by atoms with Crippen LogP contribution in [0.25, 0.3) is 21.6 Å². The zero-order chi connectivity index (χ0) is 23.0. The van der Waals surface area contributed by atoms with E-state index in [9.17, 15) is 18.0 Å². The highest BCUT2D eigenvalue weighted by atomic mass is 32.1. The van der Waals surface area contributed by atoms with E-state index in [0.29, 0.717) is 27.4 Å². The lowest BCUT2D eigenvalue weighted by Gasteiger charge is -2.09. The first-order valence-corrected chi connectivity index (χ1v) is 10.4. The maximum absolute atomic E-state index is 12.8. The topological polar surface area (TPSA) is 77.2 Å². The van der Waals surface area contributed by atoms with Crippen LogP contribution in [0.5, 0.6) is 5.75 Å². The molecule has 4 rings (SSSR count). The number of thiazole rings is 1. The second-order valence-corrected chi connectivity index (χ2v) is 8.30. The van der Waals surface area contributed by atoms with Crippen molar-refractivity contribution in [3.63, 3.8) is 0 Å². The third-order valence-electron chi connectivity index (χ3n) is 5.01. The summed E-state index contributed by atoms with van der Waals surface area (Å²) in [5.41, 5.74) is 2.81. The van der Waals surface area contributed by atoms with E-state index in [1.165, 1.54) is 29.8 Å². The van der Waals surface area contributed by atoms with Crippen molar-refractivity contribution >= 4 is 28.3 Å². The molecule has 0 radical (unpaired) electrons. The maximum Gasteiger partial charge on any atom is 0.416 e. The monoisotopic (exact) mass is 461 g/mol. The molecule has 0 atom stereocenters. The summed E-state index contributed by atoms with van der Waals surface area (Å²) in [6.45, 7) is 3.74. The molecule has 0 amide bonds. The SMILES string of the molecule is Cc1nc(-c2ccc(C(F)(F)F)cc2)sc1COc1ccc2c(ncn2CC(=O)O)c1C. The lowest BCUT2D eigenvalue weighted by atomic mass is 10.1. The summed E-state index contributed by atoms with van der Waals surface area (Å²) in [4.78, 5) is 20.6. The second kappa shape index (κ2) is 8.27. The number of benzene rings is 2. The van der Waals surface area contributed by atoms with Crippen LogP contribution in [0, 0.1) is 13.8 Å². The van der Waals surface area contributed by atoms with Gasteiger partial charge in [0.25, 0.3) is 0 Å². The molecular weight excluding hydrogens is 443 g/mol. The number of imidazole rings is 1. The van der Waals surface area contributed by atoms with Crippen LogP contribution in [-0.4, -0.2) is 25.6 Å². The van der Waals surface area contributed by atoms with Gasteiger partial charge in [0.05, 0.1) is 33.5 Å². The normalized spacial score (nSPS) is 11.8. The van der Waals surface area contributed by atoms with E-state index in [2.05, 4.69) is 9.97 Å². The first-order chi connectivity index (χ1) is 15.1. The van der Waals surface area contributed by atoms with Gasteiger partial charge in [0.15, 0.2) is 0 Å². The number of carbonyl (C=O) groups is 1. The molecule has 0 saturated carbocycles. The number of alkyl halides is 3. The quantitative estimate of drug-likeness (QED) is 0.413. The first-order valence-electron chi connectivity index (χ1n) is 9.56. The average Bonchev–Trinajstić information content (AvgIpc) is 3.30. The van der Waals surface area contributed by atoms with Gasteiger partial charge in [-0.2, -0.15) is 13.2 Å².